The second kappa shape index (κ2) is 4.75. The fraction of sp³-hybridized carbons (Fsp3) is 0.625. The Morgan fingerprint density at radius 2 is 2.50 bits per heavy atom. The molecule has 0 spiro atoms. The summed E-state index contributed by atoms with van der Waals surface area (Å²) in [5, 5.41) is 2.52. The lowest BCUT2D eigenvalue weighted by molar-refractivity contribution is -0.147. The molecule has 0 aromatic carbocycles. The highest BCUT2D eigenvalue weighted by atomic mass is 16.6. The molecule has 4 nitrogen and oxygen atoms in total. The van der Waals surface area contributed by atoms with Crippen LogP contribution >= 0.6 is 0 Å². The molecule has 1 N–H and O–H groups in total. The third-order valence-electron chi connectivity index (χ3n) is 1.47. The van der Waals surface area contributed by atoms with E-state index in [0.29, 0.717) is 19.8 Å². The molecule has 4 heteroatoms. The minimum atomic E-state index is -0.493. The van der Waals surface area contributed by atoms with Crippen molar-refractivity contribution >= 4 is 5.91 Å². The highest BCUT2D eigenvalue weighted by Crippen LogP contribution is 1.99. The Morgan fingerprint density at radius 3 is 3.08 bits per heavy atom. The number of carbonyl (C=O) groups is 1. The Balaban J connectivity index is 2.26. The van der Waals surface area contributed by atoms with Crippen LogP contribution in [0, 0.1) is 12.3 Å². The molecule has 1 unspecified atom stereocenters. The predicted octanol–water partition coefficient (Wildman–Crippen LogP) is -0.849. The fourth-order valence-corrected chi connectivity index (χ4v) is 0.891. The molecule has 1 saturated heterocycles. The molecular weight excluding hydrogens is 158 g/mol. The lowest BCUT2D eigenvalue weighted by Crippen LogP contribution is -2.42. The molecule has 0 aromatic heterocycles. The van der Waals surface area contributed by atoms with Crippen molar-refractivity contribution in [2.45, 2.75) is 6.10 Å². The monoisotopic (exact) mass is 169 g/mol. The molecule has 0 bridgehead atoms. The van der Waals surface area contributed by atoms with E-state index in [4.69, 9.17) is 15.9 Å². The van der Waals surface area contributed by atoms with Gasteiger partial charge in [-0.15, -0.1) is 6.42 Å². The van der Waals surface area contributed by atoms with Gasteiger partial charge in [0.15, 0.2) is 6.10 Å². The fourth-order valence-electron chi connectivity index (χ4n) is 0.891. The van der Waals surface area contributed by atoms with Crippen LogP contribution in [0.25, 0.3) is 0 Å². The van der Waals surface area contributed by atoms with Crippen LogP contribution in [-0.4, -0.2) is 38.4 Å². The summed E-state index contributed by atoms with van der Waals surface area (Å²) in [5.74, 6) is 2.11. The molecule has 1 aliphatic rings. The Labute approximate surface area is 71.2 Å². The lowest BCUT2D eigenvalue weighted by Gasteiger charge is -2.21. The van der Waals surface area contributed by atoms with Crippen LogP contribution in [0.15, 0.2) is 0 Å². The van der Waals surface area contributed by atoms with Gasteiger partial charge < -0.3 is 14.8 Å². The maximum Gasteiger partial charge on any atom is 0.252 e. The van der Waals surface area contributed by atoms with Gasteiger partial charge >= 0.3 is 0 Å². The van der Waals surface area contributed by atoms with Crippen molar-refractivity contribution in [2.75, 3.05) is 26.4 Å². The topological polar surface area (TPSA) is 47.6 Å². The maximum absolute atomic E-state index is 11.1. The van der Waals surface area contributed by atoms with Crippen molar-refractivity contribution in [3.05, 3.63) is 0 Å². The summed E-state index contributed by atoms with van der Waals surface area (Å²) in [6.07, 6.45) is 4.48. The Kier molecular flexibility index (Phi) is 3.58. The minimum Gasteiger partial charge on any atom is -0.376 e. The van der Waals surface area contributed by atoms with E-state index in [1.807, 2.05) is 0 Å². The number of terminal acetylenes is 1. The van der Waals surface area contributed by atoms with Gasteiger partial charge in [-0.25, -0.2) is 0 Å². The molecule has 12 heavy (non-hydrogen) atoms. The molecule has 66 valence electrons. The smallest absolute Gasteiger partial charge is 0.252 e. The zero-order valence-corrected chi connectivity index (χ0v) is 6.71. The molecule has 0 radical (unpaired) electrons. The average molecular weight is 169 g/mol. The molecule has 1 atom stereocenters. The largest absolute Gasteiger partial charge is 0.376 e. The SMILES string of the molecule is C#CCNC(=O)C1COCCO1. The summed E-state index contributed by atoms with van der Waals surface area (Å²) in [4.78, 5) is 11.1. The number of rotatable bonds is 2. The first kappa shape index (κ1) is 9.04. The minimum absolute atomic E-state index is 0.201. The summed E-state index contributed by atoms with van der Waals surface area (Å²) in [5.41, 5.74) is 0. The zero-order chi connectivity index (χ0) is 8.81. The van der Waals surface area contributed by atoms with E-state index in [1.54, 1.807) is 0 Å². The van der Waals surface area contributed by atoms with Gasteiger partial charge in [0.2, 0.25) is 0 Å². The Hall–Kier alpha value is -1.05. The number of amides is 1. The van der Waals surface area contributed by atoms with E-state index >= 15 is 0 Å². The van der Waals surface area contributed by atoms with Crippen LogP contribution in [-0.2, 0) is 14.3 Å². The molecule has 1 heterocycles. The van der Waals surface area contributed by atoms with E-state index in [-0.39, 0.29) is 12.5 Å². The molecule has 1 amide bonds. The van der Waals surface area contributed by atoms with Gasteiger partial charge in [-0.05, 0) is 0 Å². The van der Waals surface area contributed by atoms with Crippen molar-refractivity contribution < 1.29 is 14.3 Å². The first-order valence-electron chi connectivity index (χ1n) is 3.75. The van der Waals surface area contributed by atoms with Crippen LogP contribution in [0.3, 0.4) is 0 Å². The van der Waals surface area contributed by atoms with Crippen LogP contribution < -0.4 is 5.32 Å². The zero-order valence-electron chi connectivity index (χ0n) is 6.71. The van der Waals surface area contributed by atoms with Gasteiger partial charge in [0, 0.05) is 0 Å². The van der Waals surface area contributed by atoms with Crippen molar-refractivity contribution in [2.24, 2.45) is 0 Å². The van der Waals surface area contributed by atoms with E-state index in [9.17, 15) is 4.79 Å². The summed E-state index contributed by atoms with van der Waals surface area (Å²) in [7, 11) is 0. The Bertz CT molecular complexity index is 191. The van der Waals surface area contributed by atoms with Crippen molar-refractivity contribution in [1.29, 1.82) is 0 Å². The van der Waals surface area contributed by atoms with Gasteiger partial charge in [-0.2, -0.15) is 0 Å². The second-order valence-electron chi connectivity index (χ2n) is 2.36. The van der Waals surface area contributed by atoms with Gasteiger partial charge in [0.25, 0.3) is 5.91 Å². The van der Waals surface area contributed by atoms with Gasteiger partial charge in [0.1, 0.15) is 0 Å². The number of carbonyl (C=O) groups excluding carboxylic acids is 1. The van der Waals surface area contributed by atoms with Crippen LogP contribution in [0.5, 0.6) is 0 Å². The van der Waals surface area contributed by atoms with E-state index in [0.717, 1.165) is 0 Å². The summed E-state index contributed by atoms with van der Waals surface area (Å²) in [6.45, 7) is 1.57. The molecule has 1 aliphatic heterocycles. The maximum atomic E-state index is 11.1. The van der Waals surface area contributed by atoms with Crippen LogP contribution in [0.4, 0.5) is 0 Å². The van der Waals surface area contributed by atoms with Crippen LogP contribution in [0.2, 0.25) is 0 Å². The lowest BCUT2D eigenvalue weighted by atomic mass is 10.3. The molecule has 0 saturated carbocycles. The molecular formula is C8H11NO3. The number of hydrogen-bond acceptors (Lipinski definition) is 3. The average Bonchev–Trinajstić information content (AvgIpc) is 2.15. The number of hydrogen-bond donors (Lipinski definition) is 1. The predicted molar refractivity (Wildman–Crippen MR) is 42.4 cm³/mol. The normalized spacial score (nSPS) is 22.8. The van der Waals surface area contributed by atoms with Gasteiger partial charge in [0.05, 0.1) is 26.4 Å². The Morgan fingerprint density at radius 1 is 1.67 bits per heavy atom. The van der Waals surface area contributed by atoms with E-state index < -0.39 is 6.10 Å². The third kappa shape index (κ3) is 2.53. The number of ether oxygens (including phenoxy) is 2. The van der Waals surface area contributed by atoms with Crippen molar-refractivity contribution in [3.63, 3.8) is 0 Å². The van der Waals surface area contributed by atoms with Gasteiger partial charge in [-0.3, -0.25) is 4.79 Å². The van der Waals surface area contributed by atoms with Crippen LogP contribution in [0.1, 0.15) is 0 Å². The molecule has 0 aliphatic carbocycles. The number of nitrogens with one attached hydrogen (secondary N) is 1. The van der Waals surface area contributed by atoms with Gasteiger partial charge in [-0.1, -0.05) is 5.92 Å². The molecule has 1 fully saturated rings. The summed E-state index contributed by atoms with van der Waals surface area (Å²) >= 11 is 0. The molecule has 1 rings (SSSR count). The highest BCUT2D eigenvalue weighted by Gasteiger charge is 2.21. The van der Waals surface area contributed by atoms with E-state index in [2.05, 4.69) is 11.2 Å². The standard InChI is InChI=1S/C8H11NO3/c1-2-3-9-8(10)7-6-11-4-5-12-7/h1,7H,3-6H2,(H,9,10). The van der Waals surface area contributed by atoms with Crippen molar-refractivity contribution in [1.82, 2.24) is 5.32 Å². The summed E-state index contributed by atoms with van der Waals surface area (Å²) < 4.78 is 10.2. The van der Waals surface area contributed by atoms with E-state index in [1.165, 1.54) is 0 Å². The first-order valence-corrected chi connectivity index (χ1v) is 3.75. The quantitative estimate of drug-likeness (QED) is 0.548. The second-order valence-corrected chi connectivity index (χ2v) is 2.36. The van der Waals surface area contributed by atoms with Crippen molar-refractivity contribution in [3.8, 4) is 12.3 Å². The first-order chi connectivity index (χ1) is 5.84. The highest BCUT2D eigenvalue weighted by molar-refractivity contribution is 5.81. The third-order valence-corrected chi connectivity index (χ3v) is 1.47. The summed E-state index contributed by atoms with van der Waals surface area (Å²) in [6, 6.07) is 0. The molecule has 0 aromatic rings.